The minimum absolute atomic E-state index is 0.00944. The molecule has 4 aromatic rings. The van der Waals surface area contributed by atoms with Crippen LogP contribution in [-0.4, -0.2) is 38.5 Å². The Bertz CT molecular complexity index is 1070. The number of hydrogen-bond acceptors (Lipinski definition) is 6. The zero-order valence-electron chi connectivity index (χ0n) is 22.4. The summed E-state index contributed by atoms with van der Waals surface area (Å²) in [4.78, 5) is 17.8. The second-order valence-corrected chi connectivity index (χ2v) is 6.55. The summed E-state index contributed by atoms with van der Waals surface area (Å²) < 4.78 is 17.2. The van der Waals surface area contributed by atoms with E-state index in [1.54, 1.807) is 0 Å². The molecule has 0 aliphatic rings. The van der Waals surface area contributed by atoms with Gasteiger partial charge in [0.15, 0.2) is 0 Å². The molecule has 7 nitrogen and oxygen atoms in total. The molecular formula is C27H41FN4O3S. The van der Waals surface area contributed by atoms with E-state index in [0.29, 0.717) is 23.7 Å². The number of aliphatic hydroxyl groups is 1. The monoisotopic (exact) mass is 520 g/mol. The normalized spacial score (nSPS) is 8.83. The Morgan fingerprint density at radius 2 is 1.61 bits per heavy atom. The molecule has 9 heteroatoms. The van der Waals surface area contributed by atoms with Gasteiger partial charge in [-0.25, -0.2) is 4.39 Å². The summed E-state index contributed by atoms with van der Waals surface area (Å²) in [6.07, 6.45) is 2.24. The highest BCUT2D eigenvalue weighted by Gasteiger charge is 2.12. The molecule has 0 aliphatic heterocycles. The van der Waals surface area contributed by atoms with Crippen molar-refractivity contribution in [3.8, 4) is 11.4 Å². The van der Waals surface area contributed by atoms with Crippen molar-refractivity contribution >= 4 is 29.4 Å². The van der Waals surface area contributed by atoms with E-state index >= 15 is 0 Å². The molecule has 0 fully saturated rings. The van der Waals surface area contributed by atoms with Crippen molar-refractivity contribution in [3.63, 3.8) is 0 Å². The second-order valence-electron chi connectivity index (χ2n) is 5.92. The zero-order chi connectivity index (χ0) is 27.9. The number of benzene rings is 2. The number of thiol groups is 1. The van der Waals surface area contributed by atoms with Crippen LogP contribution in [0.3, 0.4) is 0 Å². The van der Waals surface area contributed by atoms with Crippen molar-refractivity contribution in [3.05, 3.63) is 72.0 Å². The smallest absolute Gasteiger partial charge is 0.248 e. The Balaban J connectivity index is 0. The first-order valence-electron chi connectivity index (χ1n) is 12.2. The van der Waals surface area contributed by atoms with Crippen LogP contribution in [0.5, 0.6) is 0 Å². The van der Waals surface area contributed by atoms with Crippen LogP contribution in [0.25, 0.3) is 22.3 Å². The number of fused-ring (bicyclic) bond motifs is 1. The first-order chi connectivity index (χ1) is 17.5. The lowest BCUT2D eigenvalue weighted by Gasteiger charge is -1.91. The quantitative estimate of drug-likeness (QED) is 0.224. The number of nitrogens with zero attached hydrogens (tertiary/aromatic N) is 2. The Kier molecular flexibility index (Phi) is 21.7. The van der Waals surface area contributed by atoms with Crippen LogP contribution >= 0.6 is 12.6 Å². The van der Waals surface area contributed by atoms with Crippen LogP contribution in [0, 0.1) is 5.82 Å². The number of aromatic amines is 1. The lowest BCUT2D eigenvalue weighted by molar-refractivity contribution is 0.1000. The SMILES string of the molecule is CC.CC.CC.CCS.NC(=O)c1ccc(F)cc1.OCCc1nc(-c2c[nH]c3ccccc23)no1. The van der Waals surface area contributed by atoms with Crippen molar-refractivity contribution in [2.75, 3.05) is 12.4 Å². The molecule has 0 saturated carbocycles. The number of hydrogen-bond donors (Lipinski definition) is 4. The van der Waals surface area contributed by atoms with Crippen LogP contribution in [-0.2, 0) is 6.42 Å². The highest BCUT2D eigenvalue weighted by Crippen LogP contribution is 2.26. The number of aromatic nitrogens is 3. The minimum atomic E-state index is -0.542. The standard InChI is InChI=1S/C12H11N3O2.C7H6FNO.C2H6S.3C2H6/c16-6-5-11-14-12(15-17-11)9-7-13-10-4-2-1-3-8(9)10;8-6-3-1-5(2-4-6)7(9)10;1-2-3;3*1-2/h1-4,7,13,16H,5-6H2;1-4H,(H2,9,10);3H,2H2,1H3;3*1-2H3. The Morgan fingerprint density at radius 3 is 2.14 bits per heavy atom. The molecule has 4 N–H and O–H groups in total. The third-order valence-electron chi connectivity index (χ3n) is 3.75. The summed E-state index contributed by atoms with van der Waals surface area (Å²) in [7, 11) is 0. The van der Waals surface area contributed by atoms with Gasteiger partial charge in [0.2, 0.25) is 17.6 Å². The fourth-order valence-electron chi connectivity index (χ4n) is 2.43. The first kappa shape index (κ1) is 35.0. The molecule has 0 saturated heterocycles. The molecule has 4 rings (SSSR count). The van der Waals surface area contributed by atoms with Gasteiger partial charge >= 0.3 is 0 Å². The Morgan fingerprint density at radius 1 is 1.06 bits per heavy atom. The molecule has 1 amide bonds. The van der Waals surface area contributed by atoms with Crippen molar-refractivity contribution in [2.24, 2.45) is 5.73 Å². The van der Waals surface area contributed by atoms with Gasteiger partial charge in [0.1, 0.15) is 5.82 Å². The highest BCUT2D eigenvalue weighted by atomic mass is 32.1. The Hall–Kier alpha value is -3.17. The molecule has 200 valence electrons. The van der Waals surface area contributed by atoms with Crippen molar-refractivity contribution in [1.82, 2.24) is 15.1 Å². The van der Waals surface area contributed by atoms with E-state index in [2.05, 4.69) is 27.8 Å². The van der Waals surface area contributed by atoms with Crippen LogP contribution in [0.4, 0.5) is 4.39 Å². The number of nitrogens with one attached hydrogen (secondary N) is 1. The molecule has 0 spiro atoms. The summed E-state index contributed by atoms with van der Waals surface area (Å²) in [5.74, 6) is 1.03. The molecule has 2 aromatic heterocycles. The Labute approximate surface area is 219 Å². The maximum atomic E-state index is 12.2. The maximum Gasteiger partial charge on any atom is 0.248 e. The van der Waals surface area contributed by atoms with Gasteiger partial charge in [-0.05, 0) is 36.1 Å². The number of primary amides is 1. The van der Waals surface area contributed by atoms with Crippen molar-refractivity contribution in [2.45, 2.75) is 54.9 Å². The van der Waals surface area contributed by atoms with Gasteiger partial charge in [-0.15, -0.1) is 0 Å². The highest BCUT2D eigenvalue weighted by molar-refractivity contribution is 7.80. The van der Waals surface area contributed by atoms with Gasteiger partial charge in [0.05, 0.1) is 13.0 Å². The predicted molar refractivity (Wildman–Crippen MR) is 151 cm³/mol. The number of amides is 1. The maximum absolute atomic E-state index is 12.2. The van der Waals surface area contributed by atoms with Crippen LogP contribution in [0.1, 0.15) is 64.7 Å². The van der Waals surface area contributed by atoms with Crippen LogP contribution < -0.4 is 5.73 Å². The fraction of sp³-hybridized carbons (Fsp3) is 0.370. The van der Waals surface area contributed by atoms with E-state index in [-0.39, 0.29) is 12.4 Å². The average Bonchev–Trinajstić information content (AvgIpc) is 3.56. The molecule has 36 heavy (non-hydrogen) atoms. The lowest BCUT2D eigenvalue weighted by Crippen LogP contribution is -2.10. The fourth-order valence-corrected chi connectivity index (χ4v) is 2.43. The van der Waals surface area contributed by atoms with Gasteiger partial charge in [0, 0.05) is 28.2 Å². The molecule has 0 unspecified atom stereocenters. The van der Waals surface area contributed by atoms with Crippen LogP contribution in [0.15, 0.2) is 59.3 Å². The number of carbonyl (C=O) groups is 1. The van der Waals surface area contributed by atoms with E-state index in [0.717, 1.165) is 22.2 Å². The lowest BCUT2D eigenvalue weighted by atomic mass is 10.2. The van der Waals surface area contributed by atoms with E-state index in [9.17, 15) is 9.18 Å². The summed E-state index contributed by atoms with van der Waals surface area (Å²) in [5.41, 5.74) is 7.17. The molecule has 0 aliphatic carbocycles. The van der Waals surface area contributed by atoms with Crippen LogP contribution in [0.2, 0.25) is 0 Å². The van der Waals surface area contributed by atoms with Gasteiger partial charge in [-0.2, -0.15) is 17.6 Å². The summed E-state index contributed by atoms with van der Waals surface area (Å²) in [6, 6.07) is 13.0. The molecule has 2 aromatic carbocycles. The average molecular weight is 521 g/mol. The molecular weight excluding hydrogens is 479 g/mol. The topological polar surface area (TPSA) is 118 Å². The summed E-state index contributed by atoms with van der Waals surface area (Å²) in [5, 5.41) is 13.8. The first-order valence-corrected chi connectivity index (χ1v) is 12.8. The number of para-hydroxylation sites is 1. The number of rotatable bonds is 4. The van der Waals surface area contributed by atoms with Gasteiger partial charge in [0.25, 0.3) is 0 Å². The van der Waals surface area contributed by atoms with E-state index in [1.807, 2.05) is 78.9 Å². The molecule has 0 atom stereocenters. The number of halogens is 1. The van der Waals surface area contributed by atoms with Gasteiger partial charge < -0.3 is 20.3 Å². The van der Waals surface area contributed by atoms with Crippen molar-refractivity contribution < 1.29 is 18.8 Å². The number of H-pyrrole nitrogens is 1. The molecule has 0 bridgehead atoms. The predicted octanol–water partition coefficient (Wildman–Crippen LogP) is 6.69. The third-order valence-corrected chi connectivity index (χ3v) is 3.75. The third kappa shape index (κ3) is 12.5. The minimum Gasteiger partial charge on any atom is -0.396 e. The number of carbonyl (C=O) groups excluding carboxylic acids is 1. The van der Waals surface area contributed by atoms with E-state index in [4.69, 9.17) is 15.4 Å². The van der Waals surface area contributed by atoms with Crippen molar-refractivity contribution in [1.29, 1.82) is 0 Å². The summed E-state index contributed by atoms with van der Waals surface area (Å²) >= 11 is 3.79. The van der Waals surface area contributed by atoms with Gasteiger partial charge in [-0.1, -0.05) is 71.8 Å². The summed E-state index contributed by atoms with van der Waals surface area (Å²) in [6.45, 7) is 14.0. The zero-order valence-corrected chi connectivity index (χ0v) is 23.3. The molecule has 0 radical (unpaired) electrons. The van der Waals surface area contributed by atoms with E-state index in [1.165, 1.54) is 24.3 Å². The number of aliphatic hydroxyl groups excluding tert-OH is 1. The molecule has 2 heterocycles. The second kappa shape index (κ2) is 22.3. The van der Waals surface area contributed by atoms with Gasteiger partial charge in [-0.3, -0.25) is 4.79 Å². The van der Waals surface area contributed by atoms with E-state index < -0.39 is 5.91 Å². The largest absolute Gasteiger partial charge is 0.396 e. The number of nitrogens with two attached hydrogens (primary N) is 1.